The van der Waals surface area contributed by atoms with Gasteiger partial charge >= 0.3 is 0 Å². The van der Waals surface area contributed by atoms with Crippen LogP contribution in [0, 0.1) is 8.99 Å². The molecule has 0 aliphatic heterocycles. The summed E-state index contributed by atoms with van der Waals surface area (Å²) in [5, 5.41) is 12.0. The van der Waals surface area contributed by atoms with Gasteiger partial charge in [0.2, 0.25) is 5.95 Å². The summed E-state index contributed by atoms with van der Waals surface area (Å²) >= 11 is 2.17. The Labute approximate surface area is 104 Å². The predicted molar refractivity (Wildman–Crippen MR) is 68.7 cm³/mol. The Bertz CT molecular complexity index is 300. The van der Waals surface area contributed by atoms with Gasteiger partial charge in [0.25, 0.3) is 0 Å². The molecule has 0 amide bonds. The number of aliphatic hydroxyl groups excluding tert-OH is 1. The van der Waals surface area contributed by atoms with E-state index in [0.29, 0.717) is 5.95 Å². The van der Waals surface area contributed by atoms with Gasteiger partial charge in [0.1, 0.15) is 0 Å². The zero-order valence-corrected chi connectivity index (χ0v) is 11.2. The van der Waals surface area contributed by atoms with E-state index in [9.17, 15) is 0 Å². The van der Waals surface area contributed by atoms with Crippen molar-refractivity contribution < 1.29 is 5.11 Å². The van der Waals surface area contributed by atoms with E-state index >= 15 is 0 Å². The third-order valence-electron chi connectivity index (χ3n) is 2.13. The van der Waals surface area contributed by atoms with E-state index in [4.69, 9.17) is 5.11 Å². The molecule has 0 saturated heterocycles. The smallest absolute Gasteiger partial charge is 0.222 e. The minimum Gasteiger partial charge on any atom is -0.396 e. The van der Waals surface area contributed by atoms with Crippen LogP contribution in [0.3, 0.4) is 0 Å². The maximum absolute atomic E-state index is 8.88. The summed E-state index contributed by atoms with van der Waals surface area (Å²) in [6.45, 7) is 5.17. The number of rotatable bonds is 5. The number of hydrogen-bond acceptors (Lipinski definition) is 4. The Morgan fingerprint density at radius 1 is 1.40 bits per heavy atom. The normalized spacial score (nSPS) is 11.5. The molecular formula is C10H16IN3O. The summed E-state index contributed by atoms with van der Waals surface area (Å²) in [7, 11) is 0. The van der Waals surface area contributed by atoms with Crippen LogP contribution in [0.25, 0.3) is 0 Å². The molecule has 0 saturated carbocycles. The molecule has 0 aliphatic rings. The molecule has 1 aromatic rings. The van der Waals surface area contributed by atoms with Crippen molar-refractivity contribution in [2.45, 2.75) is 20.3 Å². The van der Waals surface area contributed by atoms with Crippen LogP contribution in [0.1, 0.15) is 20.3 Å². The quantitative estimate of drug-likeness (QED) is 0.814. The van der Waals surface area contributed by atoms with Crippen LogP contribution in [0.2, 0.25) is 0 Å². The molecule has 1 aromatic heterocycles. The number of hydrogen-bond donors (Lipinski definition) is 2. The second-order valence-corrected chi connectivity index (χ2v) is 5.46. The van der Waals surface area contributed by atoms with Crippen molar-refractivity contribution in [3.8, 4) is 0 Å². The van der Waals surface area contributed by atoms with Crippen LogP contribution < -0.4 is 5.32 Å². The Hall–Kier alpha value is -0.430. The van der Waals surface area contributed by atoms with Gasteiger partial charge in [-0.05, 0) is 34.4 Å². The van der Waals surface area contributed by atoms with Crippen molar-refractivity contribution in [2.24, 2.45) is 5.41 Å². The average molecular weight is 321 g/mol. The van der Waals surface area contributed by atoms with Crippen LogP contribution in [0.15, 0.2) is 12.4 Å². The number of anilines is 1. The summed E-state index contributed by atoms with van der Waals surface area (Å²) < 4.78 is 1.02. The molecule has 5 heteroatoms. The number of nitrogens with zero attached hydrogens (tertiary/aromatic N) is 2. The van der Waals surface area contributed by atoms with Gasteiger partial charge in [-0.1, -0.05) is 13.8 Å². The largest absolute Gasteiger partial charge is 0.396 e. The molecule has 0 spiro atoms. The highest BCUT2D eigenvalue weighted by molar-refractivity contribution is 14.1. The SMILES string of the molecule is CC(C)(CCO)CNc1ncc(I)cn1. The standard InChI is InChI=1S/C10H16IN3O/c1-10(2,3-4-15)7-14-9-12-5-8(11)6-13-9/h5-6,15H,3-4,7H2,1-2H3,(H,12,13,14). The zero-order chi connectivity index (χ0) is 11.3. The molecule has 0 atom stereocenters. The first-order valence-corrected chi connectivity index (χ1v) is 5.94. The summed E-state index contributed by atoms with van der Waals surface area (Å²) in [5.74, 6) is 0.640. The van der Waals surface area contributed by atoms with Crippen molar-refractivity contribution in [1.82, 2.24) is 9.97 Å². The van der Waals surface area contributed by atoms with E-state index < -0.39 is 0 Å². The fraction of sp³-hybridized carbons (Fsp3) is 0.600. The van der Waals surface area contributed by atoms with Crippen molar-refractivity contribution in [1.29, 1.82) is 0 Å². The van der Waals surface area contributed by atoms with E-state index in [-0.39, 0.29) is 12.0 Å². The maximum Gasteiger partial charge on any atom is 0.222 e. The third kappa shape index (κ3) is 4.74. The Kier molecular flexibility index (Phi) is 4.72. The molecule has 1 heterocycles. The van der Waals surface area contributed by atoms with Gasteiger partial charge < -0.3 is 10.4 Å². The van der Waals surface area contributed by atoms with E-state index in [1.54, 1.807) is 12.4 Å². The zero-order valence-electron chi connectivity index (χ0n) is 9.00. The first-order valence-electron chi connectivity index (χ1n) is 4.86. The van der Waals surface area contributed by atoms with Gasteiger partial charge in [0.15, 0.2) is 0 Å². The van der Waals surface area contributed by atoms with Gasteiger partial charge in [-0.3, -0.25) is 0 Å². The van der Waals surface area contributed by atoms with Crippen LogP contribution in [-0.2, 0) is 0 Å². The molecule has 2 N–H and O–H groups in total. The van der Waals surface area contributed by atoms with E-state index in [1.807, 2.05) is 0 Å². The van der Waals surface area contributed by atoms with Gasteiger partial charge in [-0.25, -0.2) is 9.97 Å². The monoisotopic (exact) mass is 321 g/mol. The van der Waals surface area contributed by atoms with E-state index in [2.05, 4.69) is 51.7 Å². The molecule has 15 heavy (non-hydrogen) atoms. The van der Waals surface area contributed by atoms with Crippen LogP contribution in [0.5, 0.6) is 0 Å². The van der Waals surface area contributed by atoms with Crippen LogP contribution in [-0.4, -0.2) is 28.2 Å². The molecule has 0 aliphatic carbocycles. The number of nitrogens with one attached hydrogen (secondary N) is 1. The Morgan fingerprint density at radius 2 is 2.00 bits per heavy atom. The second kappa shape index (κ2) is 5.60. The predicted octanol–water partition coefficient (Wildman–Crippen LogP) is 1.90. The van der Waals surface area contributed by atoms with Gasteiger partial charge in [0.05, 0.1) is 0 Å². The molecule has 0 radical (unpaired) electrons. The number of aromatic nitrogens is 2. The minimum atomic E-state index is 0.0567. The molecule has 0 aromatic carbocycles. The van der Waals surface area contributed by atoms with Gasteiger partial charge in [0, 0.05) is 29.1 Å². The molecular weight excluding hydrogens is 305 g/mol. The fourth-order valence-corrected chi connectivity index (χ4v) is 1.39. The number of halogens is 1. The van der Waals surface area contributed by atoms with Crippen molar-refractivity contribution in [3.05, 3.63) is 16.0 Å². The van der Waals surface area contributed by atoms with E-state index in [0.717, 1.165) is 16.5 Å². The van der Waals surface area contributed by atoms with Crippen molar-refractivity contribution in [3.63, 3.8) is 0 Å². The third-order valence-corrected chi connectivity index (χ3v) is 2.69. The van der Waals surface area contributed by atoms with Crippen LogP contribution in [0.4, 0.5) is 5.95 Å². The lowest BCUT2D eigenvalue weighted by Gasteiger charge is -2.23. The second-order valence-electron chi connectivity index (χ2n) is 4.22. The molecule has 0 fully saturated rings. The number of aliphatic hydroxyl groups is 1. The molecule has 84 valence electrons. The van der Waals surface area contributed by atoms with Crippen LogP contribution >= 0.6 is 22.6 Å². The summed E-state index contributed by atoms with van der Waals surface area (Å²) in [6.07, 6.45) is 4.31. The first-order chi connectivity index (χ1) is 7.03. The molecule has 0 unspecified atom stereocenters. The van der Waals surface area contributed by atoms with Crippen molar-refractivity contribution >= 4 is 28.5 Å². The highest BCUT2D eigenvalue weighted by Gasteiger charge is 2.16. The maximum atomic E-state index is 8.88. The van der Waals surface area contributed by atoms with E-state index in [1.165, 1.54) is 0 Å². The Morgan fingerprint density at radius 3 is 2.53 bits per heavy atom. The van der Waals surface area contributed by atoms with Gasteiger partial charge in [-0.15, -0.1) is 0 Å². The lowest BCUT2D eigenvalue weighted by atomic mass is 9.90. The molecule has 0 bridgehead atoms. The Balaban J connectivity index is 2.46. The minimum absolute atomic E-state index is 0.0567. The fourth-order valence-electron chi connectivity index (χ4n) is 1.11. The molecule has 1 rings (SSSR count). The summed E-state index contributed by atoms with van der Waals surface area (Å²) in [5.41, 5.74) is 0.0567. The van der Waals surface area contributed by atoms with Gasteiger partial charge in [-0.2, -0.15) is 0 Å². The average Bonchev–Trinajstić information content (AvgIpc) is 2.17. The lowest BCUT2D eigenvalue weighted by molar-refractivity contribution is 0.220. The summed E-state index contributed by atoms with van der Waals surface area (Å²) in [4.78, 5) is 8.30. The highest BCUT2D eigenvalue weighted by atomic mass is 127. The lowest BCUT2D eigenvalue weighted by Crippen LogP contribution is -2.25. The highest BCUT2D eigenvalue weighted by Crippen LogP contribution is 2.19. The van der Waals surface area contributed by atoms with Crippen molar-refractivity contribution in [2.75, 3.05) is 18.5 Å². The molecule has 4 nitrogen and oxygen atoms in total. The summed E-state index contributed by atoms with van der Waals surface area (Å²) in [6, 6.07) is 0. The topological polar surface area (TPSA) is 58.0 Å². The first kappa shape index (κ1) is 12.6.